The van der Waals surface area contributed by atoms with Gasteiger partial charge in [0.15, 0.2) is 14.7 Å². The third-order valence-electron chi connectivity index (χ3n) is 5.74. The molecule has 36 heavy (non-hydrogen) atoms. The Bertz CT molecular complexity index is 1130. The smallest absolute Gasteiger partial charge is 0.170 e. The molecule has 0 fully saturated rings. The lowest BCUT2D eigenvalue weighted by atomic mass is 9.87. The van der Waals surface area contributed by atoms with E-state index in [1.165, 1.54) is 31.4 Å². The second-order valence-electron chi connectivity index (χ2n) is 12.2. The van der Waals surface area contributed by atoms with Crippen LogP contribution in [0.15, 0.2) is 87.5 Å². The molecule has 196 valence electrons. The highest BCUT2D eigenvalue weighted by molar-refractivity contribution is 7.97. The van der Waals surface area contributed by atoms with E-state index in [0.717, 1.165) is 0 Å². The summed E-state index contributed by atoms with van der Waals surface area (Å²) < 4.78 is 27.2. The van der Waals surface area contributed by atoms with Crippen molar-refractivity contribution in [2.45, 2.75) is 93.2 Å². The number of hydrogen-bond acceptors (Lipinski definition) is 3. The van der Waals surface area contributed by atoms with Crippen molar-refractivity contribution in [1.29, 1.82) is 0 Å². The lowest BCUT2D eigenvalue weighted by Crippen LogP contribution is -2.23. The lowest BCUT2D eigenvalue weighted by molar-refractivity contribution is 0.470. The summed E-state index contributed by atoms with van der Waals surface area (Å²) in [5.41, 5.74) is 4.54. The Morgan fingerprint density at radius 2 is 0.722 bits per heavy atom. The molecular formula is C31H42O3S2. The summed E-state index contributed by atoms with van der Waals surface area (Å²) >= 11 is 0. The van der Waals surface area contributed by atoms with Crippen molar-refractivity contribution in [1.82, 2.24) is 0 Å². The molecule has 0 bridgehead atoms. The normalized spacial score (nSPS) is 12.8. The van der Waals surface area contributed by atoms with Gasteiger partial charge in [-0.2, -0.15) is 0 Å². The Morgan fingerprint density at radius 1 is 0.528 bits per heavy atom. The first-order chi connectivity index (χ1) is 16.3. The Morgan fingerprint density at radius 3 is 0.917 bits per heavy atom. The summed E-state index contributed by atoms with van der Waals surface area (Å²) in [6.07, 6.45) is 0.604. The first-order valence-electron chi connectivity index (χ1n) is 12.3. The summed E-state index contributed by atoms with van der Waals surface area (Å²) in [4.78, 5) is 4.34. The van der Waals surface area contributed by atoms with Gasteiger partial charge >= 0.3 is 0 Å². The van der Waals surface area contributed by atoms with E-state index in [1.807, 2.05) is 0 Å². The highest BCUT2D eigenvalue weighted by atomic mass is 32.2. The van der Waals surface area contributed by atoms with Crippen LogP contribution in [0.1, 0.15) is 79.0 Å². The molecule has 3 rings (SSSR count). The molecule has 0 unspecified atom stereocenters. The Kier molecular flexibility index (Phi) is 9.31. The Balaban J connectivity index is 0.000000830. The summed E-state index contributed by atoms with van der Waals surface area (Å²) in [6, 6.07) is 27.3. The van der Waals surface area contributed by atoms with Gasteiger partial charge in [-0.05, 0) is 34.4 Å². The molecule has 0 N–H and O–H groups in total. The fourth-order valence-corrected chi connectivity index (χ4v) is 7.29. The van der Waals surface area contributed by atoms with E-state index in [1.54, 1.807) is 0 Å². The minimum Gasteiger partial charge on any atom is -0.748 e. The molecule has 0 saturated carbocycles. The fourth-order valence-electron chi connectivity index (χ4n) is 4.15. The maximum Gasteiger partial charge on any atom is 0.170 e. The number of hydrogen-bond donors (Lipinski definition) is 0. The van der Waals surface area contributed by atoms with Crippen LogP contribution in [0.3, 0.4) is 0 Å². The summed E-state index contributed by atoms with van der Waals surface area (Å²) in [5.74, 6) is 0. The van der Waals surface area contributed by atoms with Gasteiger partial charge in [0.05, 0.1) is 10.1 Å². The quantitative estimate of drug-likeness (QED) is 0.258. The van der Waals surface area contributed by atoms with Gasteiger partial charge in [0.25, 0.3) is 0 Å². The van der Waals surface area contributed by atoms with Gasteiger partial charge < -0.3 is 4.55 Å². The minimum absolute atomic E-state index is 0.0786. The predicted molar refractivity (Wildman–Crippen MR) is 153 cm³/mol. The minimum atomic E-state index is -3.92. The Labute approximate surface area is 222 Å². The monoisotopic (exact) mass is 526 g/mol. The number of rotatable bonds is 3. The summed E-state index contributed by atoms with van der Waals surface area (Å²) in [7, 11) is -4.11. The van der Waals surface area contributed by atoms with Crippen LogP contribution in [0.2, 0.25) is 0 Å². The molecule has 0 heterocycles. The zero-order chi connectivity index (χ0) is 27.5. The van der Waals surface area contributed by atoms with E-state index < -0.39 is 10.1 Å². The molecule has 0 spiro atoms. The first kappa shape index (κ1) is 30.1. The average molecular weight is 527 g/mol. The van der Waals surface area contributed by atoms with E-state index in [4.69, 9.17) is 13.0 Å². The van der Waals surface area contributed by atoms with Crippen molar-refractivity contribution in [3.8, 4) is 0 Å². The molecule has 0 aromatic heterocycles. The van der Waals surface area contributed by atoms with Crippen molar-refractivity contribution >= 4 is 21.0 Å². The molecule has 0 amide bonds. The third kappa shape index (κ3) is 8.22. The van der Waals surface area contributed by atoms with Gasteiger partial charge in [0.2, 0.25) is 0 Å². The molecular weight excluding hydrogens is 484 g/mol. The average Bonchev–Trinajstić information content (AvgIpc) is 2.72. The van der Waals surface area contributed by atoms with E-state index >= 15 is 0 Å². The van der Waals surface area contributed by atoms with Crippen LogP contribution in [-0.2, 0) is 37.3 Å². The Hall–Kier alpha value is -2.08. The topological polar surface area (TPSA) is 57.2 Å². The van der Waals surface area contributed by atoms with E-state index in [9.17, 15) is 0 Å². The highest BCUT2D eigenvalue weighted by Gasteiger charge is 2.40. The van der Waals surface area contributed by atoms with Crippen molar-refractivity contribution in [3.05, 3.63) is 89.5 Å². The van der Waals surface area contributed by atoms with Gasteiger partial charge in [-0.3, -0.25) is 0 Å². The predicted octanol–water partition coefficient (Wildman–Crippen LogP) is 7.84. The van der Waals surface area contributed by atoms with Gasteiger partial charge in [-0.25, -0.2) is 8.42 Å². The second kappa shape index (κ2) is 11.1. The van der Waals surface area contributed by atoms with Crippen LogP contribution in [0.4, 0.5) is 0 Å². The highest BCUT2D eigenvalue weighted by Crippen LogP contribution is 2.44. The molecule has 0 saturated heterocycles. The van der Waals surface area contributed by atoms with E-state index in [0.29, 0.717) is 6.26 Å². The first-order valence-corrected chi connectivity index (χ1v) is 15.3. The molecule has 0 atom stereocenters. The largest absolute Gasteiger partial charge is 0.748 e. The van der Waals surface area contributed by atoms with Crippen molar-refractivity contribution in [2.75, 3.05) is 6.26 Å². The van der Waals surface area contributed by atoms with Crippen LogP contribution >= 0.6 is 0 Å². The molecule has 0 aliphatic heterocycles. The molecule has 3 nitrogen and oxygen atoms in total. The maximum atomic E-state index is 9.08. The van der Waals surface area contributed by atoms with Crippen LogP contribution in [0, 0.1) is 0 Å². The zero-order valence-electron chi connectivity index (χ0n) is 23.5. The molecule has 5 heteroatoms. The van der Waals surface area contributed by atoms with Crippen LogP contribution < -0.4 is 0 Å². The second-order valence-corrected chi connectivity index (χ2v) is 15.6. The zero-order valence-corrected chi connectivity index (χ0v) is 25.1. The van der Waals surface area contributed by atoms with Crippen molar-refractivity contribution in [3.63, 3.8) is 0 Å². The molecule has 0 aliphatic carbocycles. The molecule has 3 aromatic carbocycles. The van der Waals surface area contributed by atoms with E-state index in [-0.39, 0.29) is 27.1 Å². The van der Waals surface area contributed by atoms with Crippen LogP contribution in [-0.4, -0.2) is 19.2 Å². The van der Waals surface area contributed by atoms with Crippen molar-refractivity contribution in [2.24, 2.45) is 0 Å². The van der Waals surface area contributed by atoms with Crippen LogP contribution in [0.5, 0.6) is 0 Å². The lowest BCUT2D eigenvalue weighted by Gasteiger charge is -2.28. The van der Waals surface area contributed by atoms with Gasteiger partial charge in [0.1, 0.15) is 10.9 Å². The SMILES string of the molecule is CC(C)(C)c1ccccc1[S+](c1ccccc1C(C)(C)C)c1ccccc1C(C)(C)C.CS(=O)(=O)[O-]. The standard InChI is InChI=1S/C30H39S.CH4O3S/c1-28(2,3)22-16-10-13-19-25(22)31(26-20-14-11-17-23(26)29(4,5)6)27-21-15-12-18-24(27)30(7,8)9;1-5(2,3)4/h10-21H,1-9H3;1H3,(H,2,3,4)/q+1;/p-1. The number of benzene rings is 3. The molecule has 0 aliphatic rings. The fraction of sp³-hybridized carbons (Fsp3) is 0.419. The van der Waals surface area contributed by atoms with Crippen LogP contribution in [0.25, 0.3) is 0 Å². The van der Waals surface area contributed by atoms with Crippen molar-refractivity contribution < 1.29 is 13.0 Å². The summed E-state index contributed by atoms with van der Waals surface area (Å²) in [5, 5.41) is 0. The van der Waals surface area contributed by atoms with Gasteiger partial charge in [0, 0.05) is 22.9 Å². The maximum absolute atomic E-state index is 9.08. The third-order valence-corrected chi connectivity index (χ3v) is 8.13. The van der Waals surface area contributed by atoms with Gasteiger partial charge in [-0.1, -0.05) is 117 Å². The molecule has 3 aromatic rings. The summed E-state index contributed by atoms with van der Waals surface area (Å²) in [6.45, 7) is 21.0. The van der Waals surface area contributed by atoms with E-state index in [2.05, 4.69) is 135 Å². The molecule has 0 radical (unpaired) electrons. The van der Waals surface area contributed by atoms with Gasteiger partial charge in [-0.15, -0.1) is 0 Å².